The van der Waals surface area contributed by atoms with Crippen molar-refractivity contribution in [2.75, 3.05) is 0 Å². The first-order valence-electron chi connectivity index (χ1n) is 7.02. The number of rotatable bonds is 3. The van der Waals surface area contributed by atoms with Crippen molar-refractivity contribution in [3.05, 3.63) is 40.9 Å². The number of aromatic nitrogens is 1. The quantitative estimate of drug-likeness (QED) is 0.818. The van der Waals surface area contributed by atoms with Gasteiger partial charge in [-0.3, -0.25) is 9.59 Å². The summed E-state index contributed by atoms with van der Waals surface area (Å²) in [5.74, 6) is -1.95. The third kappa shape index (κ3) is 3.23. The second kappa shape index (κ2) is 6.32. The molecule has 0 aliphatic carbocycles. The maximum Gasteiger partial charge on any atom is 0.286 e. The summed E-state index contributed by atoms with van der Waals surface area (Å²) < 4.78 is 1.55. The molecule has 1 N–H and O–H groups in total. The number of carbonyl (C=O) groups is 3. The fourth-order valence-electron chi connectivity index (χ4n) is 2.41. The van der Waals surface area contributed by atoms with Crippen LogP contribution in [0.5, 0.6) is 0 Å². The van der Waals surface area contributed by atoms with E-state index in [0.29, 0.717) is 10.5 Å². The van der Waals surface area contributed by atoms with E-state index in [2.05, 4.69) is 10.3 Å². The SMILES string of the molecule is CC(=O)NC1=NC(=O)C(=Cc2cn(CC(=O)[O-])c3ccccc23)S1. The van der Waals surface area contributed by atoms with Crippen molar-refractivity contribution in [1.82, 2.24) is 9.88 Å². The summed E-state index contributed by atoms with van der Waals surface area (Å²) in [4.78, 5) is 38.0. The zero-order valence-electron chi connectivity index (χ0n) is 12.6. The van der Waals surface area contributed by atoms with Crippen LogP contribution in [0.2, 0.25) is 0 Å². The van der Waals surface area contributed by atoms with Crippen LogP contribution in [0.25, 0.3) is 17.0 Å². The van der Waals surface area contributed by atoms with E-state index < -0.39 is 11.9 Å². The van der Waals surface area contributed by atoms with Gasteiger partial charge in [0.2, 0.25) is 5.91 Å². The van der Waals surface area contributed by atoms with E-state index in [1.807, 2.05) is 12.1 Å². The summed E-state index contributed by atoms with van der Waals surface area (Å²) in [5, 5.41) is 14.4. The first-order chi connectivity index (χ1) is 11.4. The molecule has 0 bridgehead atoms. The van der Waals surface area contributed by atoms with Crippen LogP contribution >= 0.6 is 11.8 Å². The van der Waals surface area contributed by atoms with Crippen LogP contribution < -0.4 is 10.4 Å². The molecule has 2 amide bonds. The van der Waals surface area contributed by atoms with Gasteiger partial charge in [0, 0.05) is 29.6 Å². The Hall–Kier alpha value is -2.87. The van der Waals surface area contributed by atoms with Gasteiger partial charge in [-0.25, -0.2) is 0 Å². The van der Waals surface area contributed by atoms with Gasteiger partial charge in [0.1, 0.15) is 0 Å². The monoisotopic (exact) mass is 342 g/mol. The lowest BCUT2D eigenvalue weighted by Gasteiger charge is -2.04. The van der Waals surface area contributed by atoms with Crippen molar-refractivity contribution < 1.29 is 19.5 Å². The minimum absolute atomic E-state index is 0.234. The third-order valence-corrected chi connectivity index (χ3v) is 4.21. The first kappa shape index (κ1) is 16.0. The zero-order valence-corrected chi connectivity index (χ0v) is 13.4. The van der Waals surface area contributed by atoms with Gasteiger partial charge in [-0.05, 0) is 23.9 Å². The molecular weight excluding hydrogens is 330 g/mol. The van der Waals surface area contributed by atoms with Gasteiger partial charge < -0.3 is 19.8 Å². The Labute approximate surface area is 141 Å². The lowest BCUT2D eigenvalue weighted by Crippen LogP contribution is -2.27. The van der Waals surface area contributed by atoms with Gasteiger partial charge in [0.25, 0.3) is 5.91 Å². The summed E-state index contributed by atoms with van der Waals surface area (Å²) >= 11 is 1.07. The summed E-state index contributed by atoms with van der Waals surface area (Å²) in [5.41, 5.74) is 1.42. The molecule has 24 heavy (non-hydrogen) atoms. The summed E-state index contributed by atoms with van der Waals surface area (Å²) in [7, 11) is 0. The molecule has 0 atom stereocenters. The molecule has 3 rings (SSSR count). The number of thioether (sulfide) groups is 1. The fraction of sp³-hybridized carbons (Fsp3) is 0.125. The summed E-state index contributed by atoms with van der Waals surface area (Å²) in [6.07, 6.45) is 3.29. The molecule has 0 unspecified atom stereocenters. The largest absolute Gasteiger partial charge is 0.548 e. The highest BCUT2D eigenvalue weighted by molar-refractivity contribution is 8.18. The van der Waals surface area contributed by atoms with Crippen LogP contribution in [0.4, 0.5) is 0 Å². The number of aliphatic imine (C=N–C) groups is 1. The van der Waals surface area contributed by atoms with E-state index >= 15 is 0 Å². The number of fused-ring (bicyclic) bond motifs is 1. The Kier molecular flexibility index (Phi) is 4.22. The first-order valence-corrected chi connectivity index (χ1v) is 7.83. The number of carbonyl (C=O) groups excluding carboxylic acids is 3. The van der Waals surface area contributed by atoms with Crippen LogP contribution in [0.15, 0.2) is 40.4 Å². The molecule has 2 heterocycles. The van der Waals surface area contributed by atoms with Crippen LogP contribution in [0.1, 0.15) is 12.5 Å². The van der Waals surface area contributed by atoms with E-state index in [9.17, 15) is 19.5 Å². The van der Waals surface area contributed by atoms with E-state index in [4.69, 9.17) is 0 Å². The summed E-state index contributed by atoms with van der Waals surface area (Å²) in [6.45, 7) is 1.06. The molecule has 1 aliphatic rings. The van der Waals surface area contributed by atoms with Crippen molar-refractivity contribution in [1.29, 1.82) is 0 Å². The summed E-state index contributed by atoms with van der Waals surface area (Å²) in [6, 6.07) is 7.27. The lowest BCUT2D eigenvalue weighted by atomic mass is 10.1. The van der Waals surface area contributed by atoms with Gasteiger partial charge in [0.15, 0.2) is 5.17 Å². The van der Waals surface area contributed by atoms with Gasteiger partial charge in [0.05, 0.1) is 17.4 Å². The molecule has 0 spiro atoms. The highest BCUT2D eigenvalue weighted by Gasteiger charge is 2.23. The Balaban J connectivity index is 1.97. The molecule has 1 aliphatic heterocycles. The number of aliphatic carboxylic acids is 1. The van der Waals surface area contributed by atoms with Crippen molar-refractivity contribution in [2.45, 2.75) is 13.5 Å². The van der Waals surface area contributed by atoms with Crippen LogP contribution in [-0.2, 0) is 20.9 Å². The van der Waals surface area contributed by atoms with Gasteiger partial charge >= 0.3 is 0 Å². The lowest BCUT2D eigenvalue weighted by molar-refractivity contribution is -0.306. The zero-order chi connectivity index (χ0) is 17.3. The number of amidine groups is 1. The number of nitrogens with zero attached hydrogens (tertiary/aromatic N) is 2. The predicted molar refractivity (Wildman–Crippen MR) is 88.8 cm³/mol. The molecule has 0 saturated carbocycles. The molecule has 2 aromatic rings. The van der Waals surface area contributed by atoms with Crippen molar-refractivity contribution in [3.8, 4) is 0 Å². The Morgan fingerprint density at radius 3 is 2.83 bits per heavy atom. The molecular formula is C16H12N3O4S-. The van der Waals surface area contributed by atoms with E-state index in [1.165, 1.54) is 6.92 Å². The highest BCUT2D eigenvalue weighted by atomic mass is 32.2. The molecule has 1 aromatic carbocycles. The van der Waals surface area contributed by atoms with Crippen LogP contribution in [-0.4, -0.2) is 27.5 Å². The van der Waals surface area contributed by atoms with E-state index in [-0.39, 0.29) is 17.6 Å². The van der Waals surface area contributed by atoms with Crippen LogP contribution in [0, 0.1) is 0 Å². The topological polar surface area (TPSA) is 104 Å². The minimum Gasteiger partial charge on any atom is -0.548 e. The van der Waals surface area contributed by atoms with Crippen molar-refractivity contribution in [2.24, 2.45) is 4.99 Å². The predicted octanol–water partition coefficient (Wildman–Crippen LogP) is 0.498. The van der Waals surface area contributed by atoms with Crippen molar-refractivity contribution in [3.63, 3.8) is 0 Å². The standard InChI is InChI=1S/C16H13N3O4S/c1-9(20)17-16-18-15(23)13(24-16)6-10-7-19(8-14(21)22)12-5-3-2-4-11(10)12/h2-7H,8H2,1H3,(H,21,22)(H,17,18,20,23)/p-1. The van der Waals surface area contributed by atoms with E-state index in [1.54, 1.807) is 29.0 Å². The highest BCUT2D eigenvalue weighted by Crippen LogP contribution is 2.30. The maximum atomic E-state index is 12.0. The van der Waals surface area contributed by atoms with Gasteiger partial charge in [-0.1, -0.05) is 18.2 Å². The molecule has 7 nitrogen and oxygen atoms in total. The van der Waals surface area contributed by atoms with Gasteiger partial charge in [-0.2, -0.15) is 4.99 Å². The molecule has 0 fully saturated rings. The van der Waals surface area contributed by atoms with Crippen molar-refractivity contribution >= 4 is 51.7 Å². The molecule has 122 valence electrons. The third-order valence-electron chi connectivity index (χ3n) is 3.31. The normalized spacial score (nSPS) is 15.8. The fourth-order valence-corrected chi connectivity index (χ4v) is 3.27. The average molecular weight is 342 g/mol. The maximum absolute atomic E-state index is 12.0. The number of para-hydroxylation sites is 1. The second-order valence-electron chi connectivity index (χ2n) is 5.12. The number of benzene rings is 1. The number of hydrogen-bond acceptors (Lipinski definition) is 5. The van der Waals surface area contributed by atoms with E-state index in [0.717, 1.165) is 22.7 Å². The number of amides is 2. The smallest absolute Gasteiger partial charge is 0.286 e. The van der Waals surface area contributed by atoms with Crippen LogP contribution in [0.3, 0.4) is 0 Å². The van der Waals surface area contributed by atoms with Gasteiger partial charge in [-0.15, -0.1) is 0 Å². The number of hydrogen-bond donors (Lipinski definition) is 1. The molecule has 0 saturated heterocycles. The second-order valence-corrected chi connectivity index (χ2v) is 6.15. The number of carboxylic acid groups (broad SMARTS) is 1. The Bertz CT molecular complexity index is 927. The average Bonchev–Trinajstić information content (AvgIpc) is 3.00. The molecule has 8 heteroatoms. The number of carboxylic acids is 1. The number of nitrogens with one attached hydrogen (secondary N) is 1. The molecule has 1 aromatic heterocycles. The minimum atomic E-state index is -1.20. The Morgan fingerprint density at radius 2 is 2.12 bits per heavy atom. The Morgan fingerprint density at radius 1 is 1.38 bits per heavy atom. The molecule has 0 radical (unpaired) electrons.